The Morgan fingerprint density at radius 2 is 1.97 bits per heavy atom. The summed E-state index contributed by atoms with van der Waals surface area (Å²) in [6.07, 6.45) is 9.33. The molecule has 30 heavy (non-hydrogen) atoms. The van der Waals surface area contributed by atoms with Crippen molar-refractivity contribution < 1.29 is 14.4 Å². The van der Waals surface area contributed by atoms with Crippen molar-refractivity contribution in [2.45, 2.75) is 88.3 Å². The zero-order chi connectivity index (χ0) is 21.3. The molecule has 0 aromatic carbocycles. The molecule has 0 radical (unpaired) electrons. The molecule has 2 aliphatic heterocycles. The summed E-state index contributed by atoms with van der Waals surface area (Å²) in [5.41, 5.74) is -0.453. The third-order valence-electron chi connectivity index (χ3n) is 7.85. The molecule has 4 fully saturated rings. The van der Waals surface area contributed by atoms with Crippen molar-refractivity contribution in [2.24, 2.45) is 11.8 Å². The van der Waals surface area contributed by atoms with Gasteiger partial charge in [0.25, 0.3) is 0 Å². The number of piperidine rings is 1. The van der Waals surface area contributed by atoms with Gasteiger partial charge >= 0.3 is 0 Å². The molecule has 2 aliphatic carbocycles. The Labute approximate surface area is 179 Å². The van der Waals surface area contributed by atoms with Crippen molar-refractivity contribution in [2.75, 3.05) is 20.1 Å². The maximum atomic E-state index is 13.5. The number of nitriles is 1. The molecule has 7 heteroatoms. The number of Topliss-reactive ketones (excluding diaryl/α,β-unsaturated/α-hetero) is 1. The minimum absolute atomic E-state index is 0.0879. The summed E-state index contributed by atoms with van der Waals surface area (Å²) in [7, 11) is 2.03. The van der Waals surface area contributed by atoms with Crippen LogP contribution in [0, 0.1) is 23.2 Å². The van der Waals surface area contributed by atoms with E-state index in [-0.39, 0.29) is 23.5 Å². The largest absolute Gasteiger partial charge is 0.339 e. The molecule has 7 nitrogen and oxygen atoms in total. The smallest absolute Gasteiger partial charge is 0.243 e. The summed E-state index contributed by atoms with van der Waals surface area (Å²) in [6.45, 7) is 1.53. The molecule has 0 bridgehead atoms. The molecule has 4 atom stereocenters. The number of carbonyl (C=O) groups excluding carboxylic acids is 3. The first kappa shape index (κ1) is 21.3. The Balaban J connectivity index is 1.45. The number of likely N-dealkylation sites (N-methyl/N-ethyl adjacent to an activating group) is 1. The van der Waals surface area contributed by atoms with Crippen LogP contribution in [0.15, 0.2) is 0 Å². The van der Waals surface area contributed by atoms with Crippen molar-refractivity contribution >= 4 is 17.6 Å². The molecule has 4 rings (SSSR count). The fourth-order valence-corrected chi connectivity index (χ4v) is 5.71. The van der Waals surface area contributed by atoms with Crippen molar-refractivity contribution in [3.8, 4) is 6.07 Å². The van der Waals surface area contributed by atoms with Crippen LogP contribution in [-0.2, 0) is 14.4 Å². The van der Waals surface area contributed by atoms with E-state index in [4.69, 9.17) is 0 Å². The molecule has 2 heterocycles. The molecular weight excluding hydrogens is 380 g/mol. The van der Waals surface area contributed by atoms with E-state index < -0.39 is 17.6 Å². The number of amides is 2. The van der Waals surface area contributed by atoms with Gasteiger partial charge in [0.15, 0.2) is 0 Å². The zero-order valence-electron chi connectivity index (χ0n) is 18.1. The summed E-state index contributed by atoms with van der Waals surface area (Å²) in [6, 6.07) is 0.998. The van der Waals surface area contributed by atoms with Crippen molar-refractivity contribution in [3.63, 3.8) is 0 Å². The Bertz CT molecular complexity index is 743. The van der Waals surface area contributed by atoms with Gasteiger partial charge in [0, 0.05) is 18.9 Å². The summed E-state index contributed by atoms with van der Waals surface area (Å²) in [5, 5.41) is 12.5. The molecular formula is C23H34N4O3. The number of hydrogen-bond acceptors (Lipinski definition) is 5. The van der Waals surface area contributed by atoms with E-state index in [1.807, 2.05) is 7.05 Å². The number of nitrogens with zero attached hydrogens (tertiary/aromatic N) is 3. The van der Waals surface area contributed by atoms with Crippen LogP contribution >= 0.6 is 0 Å². The van der Waals surface area contributed by atoms with Crippen molar-refractivity contribution in [1.29, 1.82) is 5.26 Å². The average Bonchev–Trinajstić information content (AvgIpc) is 3.39. The third-order valence-corrected chi connectivity index (χ3v) is 7.85. The lowest BCUT2D eigenvalue weighted by Crippen LogP contribution is -2.58. The summed E-state index contributed by atoms with van der Waals surface area (Å²) < 4.78 is 0. The second-order valence-electron chi connectivity index (χ2n) is 9.84. The number of nitrogens with one attached hydrogen (secondary N) is 1. The third kappa shape index (κ3) is 4.12. The second kappa shape index (κ2) is 8.66. The predicted molar refractivity (Wildman–Crippen MR) is 111 cm³/mol. The van der Waals surface area contributed by atoms with Crippen LogP contribution in [0.1, 0.15) is 70.6 Å². The molecule has 2 amide bonds. The molecule has 2 saturated carbocycles. The van der Waals surface area contributed by atoms with Crippen LogP contribution in [0.2, 0.25) is 0 Å². The highest BCUT2D eigenvalue weighted by Crippen LogP contribution is 2.40. The normalized spacial score (nSPS) is 31.7. The van der Waals surface area contributed by atoms with E-state index in [0.717, 1.165) is 57.9 Å². The van der Waals surface area contributed by atoms with Gasteiger partial charge in [-0.05, 0) is 70.9 Å². The summed E-state index contributed by atoms with van der Waals surface area (Å²) in [5.74, 6) is 0.444. The van der Waals surface area contributed by atoms with Gasteiger partial charge in [-0.15, -0.1) is 0 Å². The van der Waals surface area contributed by atoms with Crippen LogP contribution < -0.4 is 5.32 Å². The van der Waals surface area contributed by atoms with E-state index >= 15 is 0 Å². The topological polar surface area (TPSA) is 93.5 Å². The lowest BCUT2D eigenvalue weighted by atomic mass is 9.85. The van der Waals surface area contributed by atoms with Gasteiger partial charge < -0.3 is 10.2 Å². The zero-order valence-corrected chi connectivity index (χ0v) is 18.1. The maximum Gasteiger partial charge on any atom is 0.243 e. The van der Waals surface area contributed by atoms with Crippen LogP contribution in [0.25, 0.3) is 0 Å². The molecule has 164 valence electrons. The molecule has 1 N–H and O–H groups in total. The molecule has 0 aromatic rings. The van der Waals surface area contributed by atoms with Crippen molar-refractivity contribution in [1.82, 2.24) is 15.1 Å². The Morgan fingerprint density at radius 3 is 2.60 bits per heavy atom. The van der Waals surface area contributed by atoms with Gasteiger partial charge in [-0.2, -0.15) is 5.26 Å². The Kier molecular flexibility index (Phi) is 6.15. The number of hydrogen-bond donors (Lipinski definition) is 1. The summed E-state index contributed by atoms with van der Waals surface area (Å²) >= 11 is 0. The second-order valence-corrected chi connectivity index (χ2v) is 9.84. The Morgan fingerprint density at radius 1 is 1.17 bits per heavy atom. The van der Waals surface area contributed by atoms with E-state index in [0.29, 0.717) is 31.7 Å². The molecule has 1 spiro atoms. The standard InChI is InChI=1S/C23H34N4O3/c1-26-11-3-2-9-23(26)10-12-27(22(23)30)19(13-16-7-8-16)21(29)25-18(15-24)14-17-5-4-6-20(17)28/h16-19H,2-14H2,1H3,(H,25,29)/t17-,18-,19?,23?/m0/s1. The van der Waals surface area contributed by atoms with Crippen molar-refractivity contribution in [3.05, 3.63) is 0 Å². The first-order valence-electron chi connectivity index (χ1n) is 11.7. The highest BCUT2D eigenvalue weighted by atomic mass is 16.2. The van der Waals surface area contributed by atoms with Crippen LogP contribution in [0.4, 0.5) is 0 Å². The van der Waals surface area contributed by atoms with Gasteiger partial charge in [0.2, 0.25) is 11.8 Å². The molecule has 4 aliphatic rings. The monoisotopic (exact) mass is 414 g/mol. The lowest BCUT2D eigenvalue weighted by molar-refractivity contribution is -0.145. The van der Waals surface area contributed by atoms with Crippen LogP contribution in [-0.4, -0.2) is 65.2 Å². The van der Waals surface area contributed by atoms with Gasteiger partial charge in [0.1, 0.15) is 23.4 Å². The summed E-state index contributed by atoms with van der Waals surface area (Å²) in [4.78, 5) is 42.7. The number of ketones is 1. The number of carbonyl (C=O) groups is 3. The molecule has 2 unspecified atom stereocenters. The highest BCUT2D eigenvalue weighted by molar-refractivity contribution is 5.94. The van der Waals surface area contributed by atoms with E-state index in [2.05, 4.69) is 16.3 Å². The quantitative estimate of drug-likeness (QED) is 0.688. The lowest BCUT2D eigenvalue weighted by Gasteiger charge is -2.41. The molecule has 0 aromatic heterocycles. The van der Waals surface area contributed by atoms with E-state index in [9.17, 15) is 19.6 Å². The van der Waals surface area contributed by atoms with Gasteiger partial charge in [-0.3, -0.25) is 19.3 Å². The minimum Gasteiger partial charge on any atom is -0.339 e. The Hall–Kier alpha value is -1.94. The van der Waals surface area contributed by atoms with Crippen LogP contribution in [0.3, 0.4) is 0 Å². The average molecular weight is 415 g/mol. The van der Waals surface area contributed by atoms with E-state index in [1.54, 1.807) is 4.90 Å². The van der Waals surface area contributed by atoms with Crippen LogP contribution in [0.5, 0.6) is 0 Å². The fraction of sp³-hybridized carbons (Fsp3) is 0.826. The van der Waals surface area contributed by atoms with Gasteiger partial charge in [0.05, 0.1) is 6.07 Å². The first-order valence-corrected chi connectivity index (χ1v) is 11.7. The maximum absolute atomic E-state index is 13.5. The number of likely N-dealkylation sites (tertiary alicyclic amines) is 2. The fourth-order valence-electron chi connectivity index (χ4n) is 5.71. The highest BCUT2D eigenvalue weighted by Gasteiger charge is 2.53. The molecule has 2 saturated heterocycles. The predicted octanol–water partition coefficient (Wildman–Crippen LogP) is 2.01. The minimum atomic E-state index is -0.671. The van der Waals surface area contributed by atoms with Gasteiger partial charge in [-0.25, -0.2) is 0 Å². The number of rotatable bonds is 7. The SMILES string of the molecule is CN1CCCCC12CCN(C(CC1CC1)C(=O)N[C@H](C#N)C[C@@H]1CCCC1=O)C2=O. The first-order chi connectivity index (χ1) is 14.4. The van der Waals surface area contributed by atoms with Gasteiger partial charge in [-0.1, -0.05) is 12.8 Å². The van der Waals surface area contributed by atoms with E-state index in [1.165, 1.54) is 0 Å².